The van der Waals surface area contributed by atoms with Gasteiger partial charge in [0.15, 0.2) is 0 Å². The van der Waals surface area contributed by atoms with Crippen molar-refractivity contribution < 1.29 is 33.2 Å². The zero-order chi connectivity index (χ0) is 35.0. The van der Waals surface area contributed by atoms with Gasteiger partial charge in [0.25, 0.3) is 0 Å². The predicted molar refractivity (Wildman–Crippen MR) is 190 cm³/mol. The van der Waals surface area contributed by atoms with E-state index in [1.807, 2.05) is 24.3 Å². The maximum atomic E-state index is 14.0. The molecule has 0 aromatic heterocycles. The molecule has 0 amide bonds. The van der Waals surface area contributed by atoms with Gasteiger partial charge in [0.2, 0.25) is 0 Å². The fourth-order valence-corrected chi connectivity index (χ4v) is 8.39. The first-order valence-electron chi connectivity index (χ1n) is 17.6. The van der Waals surface area contributed by atoms with Gasteiger partial charge < -0.3 is 28.4 Å². The van der Waals surface area contributed by atoms with E-state index in [1.54, 1.807) is 42.7 Å². The van der Waals surface area contributed by atoms with Crippen molar-refractivity contribution in [1.82, 2.24) is 9.80 Å². The molecule has 0 aliphatic carbocycles. The van der Waals surface area contributed by atoms with Crippen molar-refractivity contribution in [2.75, 3.05) is 68.8 Å². The van der Waals surface area contributed by atoms with E-state index in [0.717, 1.165) is 60.3 Å². The van der Waals surface area contributed by atoms with Gasteiger partial charge in [-0.15, -0.1) is 0 Å². The summed E-state index contributed by atoms with van der Waals surface area (Å²) in [5.41, 5.74) is 1.97. The summed E-state index contributed by atoms with van der Waals surface area (Å²) in [5, 5.41) is 0. The largest absolute Gasteiger partial charge is 0.496 e. The van der Waals surface area contributed by atoms with Crippen molar-refractivity contribution in [3.05, 3.63) is 35.4 Å². The second-order valence-electron chi connectivity index (χ2n) is 14.3. The molecule has 2 aromatic rings. The fourth-order valence-electron chi connectivity index (χ4n) is 8.39. The summed E-state index contributed by atoms with van der Waals surface area (Å²) in [6.45, 7) is 13.1. The van der Waals surface area contributed by atoms with Crippen molar-refractivity contribution in [3.63, 3.8) is 0 Å². The van der Waals surface area contributed by atoms with Gasteiger partial charge in [-0.2, -0.15) is 0 Å². The van der Waals surface area contributed by atoms with Crippen LogP contribution >= 0.6 is 0 Å². The van der Waals surface area contributed by atoms with Gasteiger partial charge in [0.05, 0.1) is 53.8 Å². The van der Waals surface area contributed by atoms with Crippen LogP contribution in [0.2, 0.25) is 0 Å². The third-order valence-corrected chi connectivity index (χ3v) is 10.2. The number of hydrogen-bond acceptors (Lipinski definition) is 9. The van der Waals surface area contributed by atoms with E-state index in [9.17, 15) is 4.79 Å². The Balaban J connectivity index is 1.62. The van der Waals surface area contributed by atoms with Gasteiger partial charge in [-0.25, -0.2) is 0 Å². The Morgan fingerprint density at radius 3 is 1.10 bits per heavy atom. The molecule has 9 nitrogen and oxygen atoms in total. The molecule has 0 N–H and O–H groups in total. The molecule has 2 heterocycles. The van der Waals surface area contributed by atoms with Crippen LogP contribution in [0, 0.1) is 23.7 Å². The van der Waals surface area contributed by atoms with Crippen LogP contribution in [-0.4, -0.2) is 84.4 Å². The SMILES string of the molecule is COc1cc(OC)c(C(CCC(=O)CCC(c2c(OC)cc(OC)cc2OC)N2CC(C)CC(C)C2)N2CC(C)CC(C)C2)c(OC)c1. The van der Waals surface area contributed by atoms with Gasteiger partial charge in [-0.1, -0.05) is 27.7 Å². The first-order chi connectivity index (χ1) is 23.0. The van der Waals surface area contributed by atoms with Crippen molar-refractivity contribution in [3.8, 4) is 34.5 Å². The van der Waals surface area contributed by atoms with Crippen LogP contribution in [-0.2, 0) is 4.79 Å². The smallest absolute Gasteiger partial charge is 0.133 e. The van der Waals surface area contributed by atoms with E-state index in [1.165, 1.54) is 12.8 Å². The minimum atomic E-state index is -0.0312. The van der Waals surface area contributed by atoms with E-state index < -0.39 is 0 Å². The van der Waals surface area contributed by atoms with E-state index in [0.29, 0.717) is 60.9 Å². The average Bonchev–Trinajstić information content (AvgIpc) is 3.07. The van der Waals surface area contributed by atoms with Gasteiger partial charge in [-0.05, 0) is 49.4 Å². The van der Waals surface area contributed by atoms with Crippen molar-refractivity contribution in [2.24, 2.45) is 23.7 Å². The number of methoxy groups -OCH3 is 6. The molecule has 2 aliphatic heterocycles. The van der Waals surface area contributed by atoms with Gasteiger partial charge in [0, 0.05) is 75.4 Å². The molecule has 2 saturated heterocycles. The second kappa shape index (κ2) is 17.5. The monoisotopic (exact) mass is 668 g/mol. The molecule has 6 atom stereocenters. The van der Waals surface area contributed by atoms with E-state index in [2.05, 4.69) is 37.5 Å². The molecule has 0 saturated carbocycles. The van der Waals surface area contributed by atoms with Crippen LogP contribution in [0.4, 0.5) is 0 Å². The summed E-state index contributed by atoms with van der Waals surface area (Å²) >= 11 is 0. The van der Waals surface area contributed by atoms with Crippen LogP contribution in [0.3, 0.4) is 0 Å². The number of ether oxygens (including phenoxy) is 6. The van der Waals surface area contributed by atoms with Gasteiger partial charge >= 0.3 is 0 Å². The lowest BCUT2D eigenvalue weighted by Gasteiger charge is -2.41. The van der Waals surface area contributed by atoms with E-state index in [-0.39, 0.29) is 17.9 Å². The minimum Gasteiger partial charge on any atom is -0.496 e. The summed E-state index contributed by atoms with van der Waals surface area (Å²) in [4.78, 5) is 19.0. The molecular formula is C39H60N2O7. The summed E-state index contributed by atoms with van der Waals surface area (Å²) < 4.78 is 34.8. The maximum absolute atomic E-state index is 14.0. The van der Waals surface area contributed by atoms with Crippen molar-refractivity contribution >= 4 is 5.78 Å². The molecule has 268 valence electrons. The zero-order valence-corrected chi connectivity index (χ0v) is 31.1. The van der Waals surface area contributed by atoms with Crippen LogP contribution in [0.5, 0.6) is 34.5 Å². The van der Waals surface area contributed by atoms with Crippen LogP contribution in [0.1, 0.15) is 89.4 Å². The van der Waals surface area contributed by atoms with Gasteiger partial charge in [0.1, 0.15) is 40.3 Å². The van der Waals surface area contributed by atoms with Crippen molar-refractivity contribution in [2.45, 2.75) is 78.3 Å². The fraction of sp³-hybridized carbons (Fsp3) is 0.667. The third kappa shape index (κ3) is 9.08. The topological polar surface area (TPSA) is 78.9 Å². The number of rotatable bonds is 16. The molecule has 9 heteroatoms. The number of likely N-dealkylation sites (tertiary alicyclic amines) is 2. The minimum absolute atomic E-state index is 0.0312. The molecule has 6 unspecified atom stereocenters. The van der Waals surface area contributed by atoms with Gasteiger partial charge in [-0.3, -0.25) is 14.6 Å². The van der Waals surface area contributed by atoms with Crippen LogP contribution < -0.4 is 28.4 Å². The lowest BCUT2D eigenvalue weighted by atomic mass is 9.86. The van der Waals surface area contributed by atoms with Crippen molar-refractivity contribution in [1.29, 1.82) is 0 Å². The quantitative estimate of drug-likeness (QED) is 0.180. The number of piperidine rings is 2. The van der Waals surface area contributed by atoms with E-state index in [4.69, 9.17) is 28.4 Å². The number of Topliss-reactive ketones (excluding diaryl/α,β-unsaturated/α-hetero) is 1. The summed E-state index contributed by atoms with van der Waals surface area (Å²) in [6.07, 6.45) is 4.67. The molecule has 2 fully saturated rings. The summed E-state index contributed by atoms with van der Waals surface area (Å²) in [7, 11) is 10.0. The zero-order valence-electron chi connectivity index (χ0n) is 31.1. The normalized spacial score (nSPS) is 23.2. The molecule has 2 aliphatic rings. The highest BCUT2D eigenvalue weighted by atomic mass is 16.5. The Morgan fingerprint density at radius 2 is 0.854 bits per heavy atom. The van der Waals surface area contributed by atoms with E-state index >= 15 is 0 Å². The number of carbonyl (C=O) groups is 1. The Morgan fingerprint density at radius 1 is 0.562 bits per heavy atom. The molecule has 2 aromatic carbocycles. The molecule has 0 bridgehead atoms. The maximum Gasteiger partial charge on any atom is 0.133 e. The number of nitrogens with zero attached hydrogens (tertiary/aromatic N) is 2. The summed E-state index contributed by atoms with van der Waals surface area (Å²) in [5.74, 6) is 6.75. The van der Waals surface area contributed by atoms with Crippen LogP contribution in [0.25, 0.3) is 0 Å². The molecule has 0 spiro atoms. The first-order valence-corrected chi connectivity index (χ1v) is 17.6. The third-order valence-electron chi connectivity index (χ3n) is 10.2. The second-order valence-corrected chi connectivity index (χ2v) is 14.3. The summed E-state index contributed by atoms with van der Waals surface area (Å²) in [6, 6.07) is 7.62. The lowest BCUT2D eigenvalue weighted by molar-refractivity contribution is -0.120. The molecule has 0 radical (unpaired) electrons. The number of benzene rings is 2. The Kier molecular flexibility index (Phi) is 13.7. The highest BCUT2D eigenvalue weighted by Gasteiger charge is 2.35. The number of carbonyl (C=O) groups excluding carboxylic acids is 1. The lowest BCUT2D eigenvalue weighted by Crippen LogP contribution is -2.41. The standard InChI is InChI=1S/C39H60N2O7/c1-25-15-26(2)22-40(21-25)32(38-34(45-7)17-30(43-5)18-35(38)46-8)13-11-29(42)12-14-33(41-23-27(3)16-28(4)24-41)39-36(47-9)19-31(44-6)20-37(39)48-10/h17-20,25-28,32-33H,11-16,21-24H2,1-10H3. The molecular weight excluding hydrogens is 608 g/mol. The predicted octanol–water partition coefficient (Wildman–Crippen LogP) is 7.61. The highest BCUT2D eigenvalue weighted by Crippen LogP contribution is 2.46. The number of hydrogen-bond donors (Lipinski definition) is 0. The highest BCUT2D eigenvalue weighted by molar-refractivity contribution is 5.78. The molecule has 4 rings (SSSR count). The average molecular weight is 669 g/mol. The Bertz CT molecular complexity index is 1180. The number of ketones is 1. The first kappa shape index (κ1) is 37.6. The Hall–Kier alpha value is -3.17. The van der Waals surface area contributed by atoms with Crippen LogP contribution in [0.15, 0.2) is 24.3 Å². The Labute approximate surface area is 289 Å². The molecule has 48 heavy (non-hydrogen) atoms.